The molecule has 1 aromatic carbocycles. The van der Waals surface area contributed by atoms with E-state index in [0.29, 0.717) is 6.42 Å². The number of hydrogen-bond acceptors (Lipinski definition) is 2. The fourth-order valence-electron chi connectivity index (χ4n) is 2.49. The third-order valence-electron chi connectivity index (χ3n) is 3.69. The molecule has 1 heterocycles. The van der Waals surface area contributed by atoms with E-state index in [4.69, 9.17) is 5.73 Å². The van der Waals surface area contributed by atoms with E-state index in [1.165, 1.54) is 0 Å². The second-order valence-corrected chi connectivity index (χ2v) is 5.93. The largest absolute Gasteiger partial charge is 0.399 e. The monoisotopic (exact) mass is 282 g/mol. The molecule has 0 radical (unpaired) electrons. The Hall–Kier alpha value is -1.22. The van der Waals surface area contributed by atoms with Crippen molar-refractivity contribution in [2.75, 3.05) is 18.8 Å². The van der Waals surface area contributed by atoms with Gasteiger partial charge in [-0.25, -0.2) is 0 Å². The van der Waals surface area contributed by atoms with Crippen LogP contribution in [0.5, 0.6) is 0 Å². The van der Waals surface area contributed by atoms with E-state index >= 15 is 0 Å². The normalized spacial score (nSPS) is 17.1. The molecule has 0 bridgehead atoms. The van der Waals surface area contributed by atoms with Crippen molar-refractivity contribution in [2.24, 2.45) is 5.41 Å². The molecule has 0 atom stereocenters. The summed E-state index contributed by atoms with van der Waals surface area (Å²) in [6.07, 6.45) is 2.40. The van der Waals surface area contributed by atoms with Gasteiger partial charge in [0, 0.05) is 25.2 Å². The predicted octanol–water partition coefficient (Wildman–Crippen LogP) is 2.88. The highest BCUT2D eigenvalue weighted by atomic mass is 35.5. The highest BCUT2D eigenvalue weighted by Crippen LogP contribution is 2.29. The Bertz CT molecular complexity index is 446. The maximum atomic E-state index is 12.1. The SMILES string of the molecule is CC1(C)CCN(C(=O)CCc2ccccc2N)C1.Cl. The van der Waals surface area contributed by atoms with Gasteiger partial charge in [0.2, 0.25) is 5.91 Å². The number of anilines is 1. The van der Waals surface area contributed by atoms with Gasteiger partial charge in [-0.05, 0) is 29.9 Å². The van der Waals surface area contributed by atoms with Crippen LogP contribution in [0.3, 0.4) is 0 Å². The van der Waals surface area contributed by atoms with Crippen molar-refractivity contribution in [3.05, 3.63) is 29.8 Å². The number of hydrogen-bond donors (Lipinski definition) is 1. The van der Waals surface area contributed by atoms with Crippen molar-refractivity contribution >= 4 is 24.0 Å². The van der Waals surface area contributed by atoms with Crippen LogP contribution in [-0.4, -0.2) is 23.9 Å². The van der Waals surface area contributed by atoms with E-state index in [2.05, 4.69) is 13.8 Å². The lowest BCUT2D eigenvalue weighted by Gasteiger charge is -2.20. The molecule has 2 rings (SSSR count). The second kappa shape index (κ2) is 6.29. The zero-order valence-electron chi connectivity index (χ0n) is 11.7. The van der Waals surface area contributed by atoms with Gasteiger partial charge in [0.15, 0.2) is 0 Å². The molecular formula is C15H23ClN2O. The molecule has 0 aromatic heterocycles. The number of carbonyl (C=O) groups is 1. The van der Waals surface area contributed by atoms with Crippen LogP contribution in [0.2, 0.25) is 0 Å². The number of halogens is 1. The molecule has 1 aliphatic heterocycles. The maximum absolute atomic E-state index is 12.1. The second-order valence-electron chi connectivity index (χ2n) is 5.93. The van der Waals surface area contributed by atoms with Crippen molar-refractivity contribution in [1.82, 2.24) is 4.90 Å². The van der Waals surface area contributed by atoms with Crippen LogP contribution in [0, 0.1) is 5.41 Å². The Morgan fingerprint density at radius 3 is 2.63 bits per heavy atom. The van der Waals surface area contributed by atoms with Crippen LogP contribution >= 0.6 is 12.4 Å². The first-order valence-corrected chi connectivity index (χ1v) is 6.59. The van der Waals surface area contributed by atoms with Crippen LogP contribution in [-0.2, 0) is 11.2 Å². The predicted molar refractivity (Wildman–Crippen MR) is 81.4 cm³/mol. The molecule has 0 spiro atoms. The van der Waals surface area contributed by atoms with Gasteiger partial charge < -0.3 is 10.6 Å². The molecule has 3 nitrogen and oxygen atoms in total. The summed E-state index contributed by atoms with van der Waals surface area (Å²) in [5.74, 6) is 0.254. The van der Waals surface area contributed by atoms with Crippen LogP contribution in [0.25, 0.3) is 0 Å². The minimum absolute atomic E-state index is 0. The van der Waals surface area contributed by atoms with Gasteiger partial charge in [-0.1, -0.05) is 32.0 Å². The summed E-state index contributed by atoms with van der Waals surface area (Å²) in [7, 11) is 0. The minimum Gasteiger partial charge on any atom is -0.399 e. The Morgan fingerprint density at radius 2 is 2.05 bits per heavy atom. The Balaban J connectivity index is 0.00000180. The summed E-state index contributed by atoms with van der Waals surface area (Å²) in [6.45, 7) is 6.22. The molecule has 1 aliphatic rings. The van der Waals surface area contributed by atoms with Crippen molar-refractivity contribution in [1.29, 1.82) is 0 Å². The summed E-state index contributed by atoms with van der Waals surface area (Å²) >= 11 is 0. The molecule has 1 fully saturated rings. The van der Waals surface area contributed by atoms with Gasteiger partial charge in [0.25, 0.3) is 0 Å². The first kappa shape index (κ1) is 15.8. The molecule has 0 unspecified atom stereocenters. The maximum Gasteiger partial charge on any atom is 0.222 e. The molecule has 0 saturated carbocycles. The highest BCUT2D eigenvalue weighted by Gasteiger charge is 2.31. The topological polar surface area (TPSA) is 46.3 Å². The van der Waals surface area contributed by atoms with Gasteiger partial charge in [0.1, 0.15) is 0 Å². The third-order valence-corrected chi connectivity index (χ3v) is 3.69. The zero-order valence-corrected chi connectivity index (χ0v) is 12.5. The summed E-state index contributed by atoms with van der Waals surface area (Å²) in [5, 5.41) is 0. The third kappa shape index (κ3) is 4.13. The number of rotatable bonds is 3. The Labute approximate surface area is 121 Å². The fraction of sp³-hybridized carbons (Fsp3) is 0.533. The molecule has 1 aromatic rings. The lowest BCUT2D eigenvalue weighted by atomic mass is 9.93. The van der Waals surface area contributed by atoms with Crippen LogP contribution in [0.4, 0.5) is 5.69 Å². The molecule has 106 valence electrons. The van der Waals surface area contributed by atoms with Crippen molar-refractivity contribution in [3.63, 3.8) is 0 Å². The molecule has 1 amide bonds. The van der Waals surface area contributed by atoms with Gasteiger partial charge in [0.05, 0.1) is 0 Å². The number of nitrogens with two attached hydrogens (primary N) is 1. The molecule has 1 saturated heterocycles. The average Bonchev–Trinajstić information content (AvgIpc) is 2.68. The van der Waals surface area contributed by atoms with Crippen molar-refractivity contribution < 1.29 is 4.79 Å². The molecular weight excluding hydrogens is 260 g/mol. The van der Waals surface area contributed by atoms with Crippen molar-refractivity contribution in [2.45, 2.75) is 33.1 Å². The van der Waals surface area contributed by atoms with Crippen LogP contribution in [0.1, 0.15) is 32.3 Å². The van der Waals surface area contributed by atoms with E-state index in [1.807, 2.05) is 29.2 Å². The number of nitrogen functional groups attached to an aromatic ring is 1. The Morgan fingerprint density at radius 1 is 1.37 bits per heavy atom. The van der Waals surface area contributed by atoms with Gasteiger partial charge in [-0.15, -0.1) is 12.4 Å². The summed E-state index contributed by atoms with van der Waals surface area (Å²) in [4.78, 5) is 14.1. The smallest absolute Gasteiger partial charge is 0.222 e. The lowest BCUT2D eigenvalue weighted by molar-refractivity contribution is -0.130. The van der Waals surface area contributed by atoms with E-state index in [0.717, 1.165) is 37.2 Å². The van der Waals surface area contributed by atoms with Crippen LogP contribution in [0.15, 0.2) is 24.3 Å². The van der Waals surface area contributed by atoms with Crippen molar-refractivity contribution in [3.8, 4) is 0 Å². The minimum atomic E-state index is 0. The first-order valence-electron chi connectivity index (χ1n) is 6.59. The molecule has 0 aliphatic carbocycles. The standard InChI is InChI=1S/C15H22N2O.ClH/c1-15(2)9-10-17(11-15)14(18)8-7-12-5-3-4-6-13(12)16;/h3-6H,7-11,16H2,1-2H3;1H. The van der Waals surface area contributed by atoms with Crippen LogP contribution < -0.4 is 5.73 Å². The molecule has 4 heteroatoms. The summed E-state index contributed by atoms with van der Waals surface area (Å²) in [6, 6.07) is 7.77. The molecule has 2 N–H and O–H groups in total. The molecule has 19 heavy (non-hydrogen) atoms. The lowest BCUT2D eigenvalue weighted by Crippen LogP contribution is -2.30. The number of amides is 1. The van der Waals surface area contributed by atoms with Gasteiger partial charge >= 0.3 is 0 Å². The number of nitrogens with zero attached hydrogens (tertiary/aromatic N) is 1. The number of likely N-dealkylation sites (tertiary alicyclic amines) is 1. The zero-order chi connectivity index (χ0) is 13.2. The number of benzene rings is 1. The quantitative estimate of drug-likeness (QED) is 0.867. The summed E-state index contributed by atoms with van der Waals surface area (Å²) < 4.78 is 0. The first-order chi connectivity index (χ1) is 8.48. The van der Waals surface area contributed by atoms with Gasteiger partial charge in [-0.3, -0.25) is 4.79 Å². The number of carbonyl (C=O) groups excluding carboxylic acids is 1. The van der Waals surface area contributed by atoms with E-state index in [1.54, 1.807) is 0 Å². The van der Waals surface area contributed by atoms with E-state index in [-0.39, 0.29) is 23.7 Å². The van der Waals surface area contributed by atoms with E-state index in [9.17, 15) is 4.79 Å². The highest BCUT2D eigenvalue weighted by molar-refractivity contribution is 5.85. The fourth-order valence-corrected chi connectivity index (χ4v) is 2.49. The van der Waals surface area contributed by atoms with Gasteiger partial charge in [-0.2, -0.15) is 0 Å². The average molecular weight is 283 g/mol. The summed E-state index contributed by atoms with van der Waals surface area (Å²) in [5.41, 5.74) is 8.02. The number of para-hydroxylation sites is 1. The van der Waals surface area contributed by atoms with E-state index < -0.39 is 0 Å². The Kier molecular flexibility index (Phi) is 5.24. The number of aryl methyl sites for hydroxylation is 1.